The van der Waals surface area contributed by atoms with Crippen LogP contribution in [0.25, 0.3) is 0 Å². The highest BCUT2D eigenvalue weighted by Crippen LogP contribution is 2.24. The van der Waals surface area contributed by atoms with Crippen molar-refractivity contribution in [1.82, 2.24) is 14.8 Å². The number of carbonyl (C=O) groups is 1. The summed E-state index contributed by atoms with van der Waals surface area (Å²) < 4.78 is 1.81. The zero-order valence-corrected chi connectivity index (χ0v) is 6.47. The summed E-state index contributed by atoms with van der Waals surface area (Å²) in [7, 11) is 0. The van der Waals surface area contributed by atoms with Gasteiger partial charge in [0.15, 0.2) is 0 Å². The Balaban J connectivity index is 2.37. The molecule has 0 radical (unpaired) electrons. The Morgan fingerprint density at radius 3 is 3.33 bits per heavy atom. The number of aromatic nitrogens is 3. The molecule has 5 nitrogen and oxygen atoms in total. The summed E-state index contributed by atoms with van der Waals surface area (Å²) in [5.74, 6) is -0.668. The Bertz CT molecular complexity index is 307. The summed E-state index contributed by atoms with van der Waals surface area (Å²) in [6.45, 7) is 0.839. The highest BCUT2D eigenvalue weighted by molar-refractivity contribution is 5.74. The highest BCUT2D eigenvalue weighted by atomic mass is 16.4. The molecule has 2 rings (SSSR count). The second kappa shape index (κ2) is 2.58. The number of nitrogens with zero attached hydrogens (tertiary/aromatic N) is 3. The molecule has 0 aliphatic carbocycles. The fourth-order valence-corrected chi connectivity index (χ4v) is 1.53. The van der Waals surface area contributed by atoms with Gasteiger partial charge in [-0.05, 0) is 12.8 Å². The fraction of sp³-hybridized carbons (Fsp3) is 0.571. The Labute approximate surface area is 69.0 Å². The van der Waals surface area contributed by atoms with E-state index in [1.165, 1.54) is 0 Å². The van der Waals surface area contributed by atoms with E-state index < -0.39 is 11.9 Å². The molecule has 12 heavy (non-hydrogen) atoms. The van der Waals surface area contributed by atoms with Crippen LogP contribution in [0, 0.1) is 0 Å². The molecule has 1 aliphatic heterocycles. The van der Waals surface area contributed by atoms with E-state index in [2.05, 4.69) is 10.2 Å². The molecule has 64 valence electrons. The smallest absolute Gasteiger partial charge is 0.314 e. The molecule has 1 N–H and O–H groups in total. The quantitative estimate of drug-likeness (QED) is 0.650. The van der Waals surface area contributed by atoms with Crippen LogP contribution < -0.4 is 0 Å². The van der Waals surface area contributed by atoms with Gasteiger partial charge in [-0.2, -0.15) is 0 Å². The van der Waals surface area contributed by atoms with Crippen molar-refractivity contribution in [3.05, 3.63) is 12.2 Å². The van der Waals surface area contributed by atoms with Gasteiger partial charge in [-0.15, -0.1) is 10.2 Å². The number of rotatable bonds is 1. The van der Waals surface area contributed by atoms with Crippen LogP contribution in [0.2, 0.25) is 0 Å². The SMILES string of the molecule is O=C(O)[C@@H]1CCCn2cnnc21. The van der Waals surface area contributed by atoms with Crippen molar-refractivity contribution in [2.75, 3.05) is 0 Å². The van der Waals surface area contributed by atoms with E-state index in [4.69, 9.17) is 5.11 Å². The van der Waals surface area contributed by atoms with Gasteiger partial charge < -0.3 is 9.67 Å². The van der Waals surface area contributed by atoms with Gasteiger partial charge in [0.25, 0.3) is 0 Å². The average molecular weight is 167 g/mol. The molecule has 0 unspecified atom stereocenters. The number of carboxylic acids is 1. The molecule has 1 atom stereocenters. The van der Waals surface area contributed by atoms with Gasteiger partial charge in [0, 0.05) is 6.54 Å². The van der Waals surface area contributed by atoms with E-state index in [-0.39, 0.29) is 0 Å². The Kier molecular flexibility index (Phi) is 1.56. The Morgan fingerprint density at radius 2 is 2.58 bits per heavy atom. The first-order chi connectivity index (χ1) is 5.79. The van der Waals surface area contributed by atoms with E-state index in [0.717, 1.165) is 13.0 Å². The minimum Gasteiger partial charge on any atom is -0.481 e. The minimum atomic E-state index is -0.802. The van der Waals surface area contributed by atoms with E-state index in [0.29, 0.717) is 12.2 Å². The monoisotopic (exact) mass is 167 g/mol. The molecule has 0 saturated carbocycles. The standard InChI is InChI=1S/C7H9N3O2/c11-7(12)5-2-1-3-10-4-8-9-6(5)10/h4-5H,1-3H2,(H,11,12)/t5-/m1/s1. The molecule has 1 aliphatic rings. The molecule has 1 aromatic rings. The third kappa shape index (κ3) is 0.975. The normalized spacial score (nSPS) is 21.8. The minimum absolute atomic E-state index is 0.457. The van der Waals surface area contributed by atoms with Crippen LogP contribution in [-0.2, 0) is 11.3 Å². The summed E-state index contributed by atoms with van der Waals surface area (Å²) in [6, 6.07) is 0. The van der Waals surface area contributed by atoms with E-state index in [1.54, 1.807) is 6.33 Å². The van der Waals surface area contributed by atoms with Crippen molar-refractivity contribution in [2.45, 2.75) is 25.3 Å². The van der Waals surface area contributed by atoms with Crippen molar-refractivity contribution < 1.29 is 9.90 Å². The Hall–Kier alpha value is -1.39. The maximum Gasteiger partial charge on any atom is 0.314 e. The third-order valence-electron chi connectivity index (χ3n) is 2.15. The van der Waals surface area contributed by atoms with E-state index >= 15 is 0 Å². The molecular weight excluding hydrogens is 158 g/mol. The third-order valence-corrected chi connectivity index (χ3v) is 2.15. The van der Waals surface area contributed by atoms with E-state index in [1.807, 2.05) is 4.57 Å². The van der Waals surface area contributed by atoms with Crippen LogP contribution in [0.5, 0.6) is 0 Å². The van der Waals surface area contributed by atoms with Crippen molar-refractivity contribution in [3.8, 4) is 0 Å². The van der Waals surface area contributed by atoms with Crippen LogP contribution in [0.4, 0.5) is 0 Å². The van der Waals surface area contributed by atoms with Gasteiger partial charge in [0.05, 0.1) is 0 Å². The molecule has 1 aromatic heterocycles. The summed E-state index contributed by atoms with van der Waals surface area (Å²) in [5.41, 5.74) is 0. The first kappa shape index (κ1) is 7.27. The van der Waals surface area contributed by atoms with Crippen LogP contribution in [0.15, 0.2) is 6.33 Å². The number of hydrogen-bond acceptors (Lipinski definition) is 3. The van der Waals surface area contributed by atoms with Gasteiger partial charge in [-0.1, -0.05) is 0 Å². The number of carboxylic acid groups (broad SMARTS) is 1. The Morgan fingerprint density at radius 1 is 1.75 bits per heavy atom. The van der Waals surface area contributed by atoms with Crippen molar-refractivity contribution in [1.29, 1.82) is 0 Å². The number of aryl methyl sites for hydroxylation is 1. The molecule has 0 aromatic carbocycles. The van der Waals surface area contributed by atoms with Gasteiger partial charge in [-0.3, -0.25) is 4.79 Å². The summed E-state index contributed by atoms with van der Waals surface area (Å²) >= 11 is 0. The van der Waals surface area contributed by atoms with Crippen LogP contribution in [0.1, 0.15) is 24.6 Å². The maximum absolute atomic E-state index is 10.7. The van der Waals surface area contributed by atoms with Crippen LogP contribution in [0.3, 0.4) is 0 Å². The molecular formula is C7H9N3O2. The molecule has 0 saturated heterocycles. The molecule has 2 heterocycles. The molecule has 0 spiro atoms. The lowest BCUT2D eigenvalue weighted by atomic mass is 9.99. The van der Waals surface area contributed by atoms with Crippen LogP contribution in [-0.4, -0.2) is 25.8 Å². The average Bonchev–Trinajstić information content (AvgIpc) is 2.49. The first-order valence-corrected chi connectivity index (χ1v) is 3.89. The molecule has 0 fully saturated rings. The first-order valence-electron chi connectivity index (χ1n) is 3.89. The van der Waals surface area contributed by atoms with Gasteiger partial charge in [0.2, 0.25) is 0 Å². The lowest BCUT2D eigenvalue weighted by Gasteiger charge is -2.18. The van der Waals surface area contributed by atoms with Gasteiger partial charge >= 0.3 is 5.97 Å². The number of fused-ring (bicyclic) bond motifs is 1. The maximum atomic E-state index is 10.7. The highest BCUT2D eigenvalue weighted by Gasteiger charge is 2.27. The van der Waals surface area contributed by atoms with E-state index in [9.17, 15) is 4.79 Å². The summed E-state index contributed by atoms with van der Waals surface area (Å²) in [6.07, 6.45) is 3.15. The molecule has 0 amide bonds. The molecule has 0 bridgehead atoms. The second-order valence-electron chi connectivity index (χ2n) is 2.92. The number of aliphatic carboxylic acids is 1. The van der Waals surface area contributed by atoms with Crippen molar-refractivity contribution in [3.63, 3.8) is 0 Å². The lowest BCUT2D eigenvalue weighted by Crippen LogP contribution is -2.21. The topological polar surface area (TPSA) is 68.0 Å². The van der Waals surface area contributed by atoms with Crippen molar-refractivity contribution in [2.24, 2.45) is 0 Å². The fourth-order valence-electron chi connectivity index (χ4n) is 1.53. The van der Waals surface area contributed by atoms with Crippen molar-refractivity contribution >= 4 is 5.97 Å². The predicted octanol–water partition coefficient (Wildman–Crippen LogP) is 0.240. The number of hydrogen-bond donors (Lipinski definition) is 1. The zero-order valence-electron chi connectivity index (χ0n) is 6.47. The van der Waals surface area contributed by atoms with Gasteiger partial charge in [-0.25, -0.2) is 0 Å². The largest absolute Gasteiger partial charge is 0.481 e. The van der Waals surface area contributed by atoms with Crippen LogP contribution >= 0.6 is 0 Å². The zero-order chi connectivity index (χ0) is 8.55. The van der Waals surface area contributed by atoms with Gasteiger partial charge in [0.1, 0.15) is 18.1 Å². The predicted molar refractivity (Wildman–Crippen MR) is 39.6 cm³/mol. The second-order valence-corrected chi connectivity index (χ2v) is 2.92. The summed E-state index contributed by atoms with van der Waals surface area (Å²) in [5, 5.41) is 16.3. The molecule has 5 heteroatoms. The lowest BCUT2D eigenvalue weighted by molar-refractivity contribution is -0.139. The summed E-state index contributed by atoms with van der Waals surface area (Å²) in [4.78, 5) is 10.7.